The van der Waals surface area contributed by atoms with Crippen molar-refractivity contribution in [2.24, 2.45) is 0 Å². The van der Waals surface area contributed by atoms with E-state index < -0.39 is 0 Å². The zero-order valence-electron chi connectivity index (χ0n) is 14.8. The molecule has 136 valence electrons. The van der Waals surface area contributed by atoms with Crippen molar-refractivity contribution in [3.8, 4) is 0 Å². The van der Waals surface area contributed by atoms with E-state index >= 15 is 0 Å². The van der Waals surface area contributed by atoms with E-state index in [4.69, 9.17) is 0 Å². The summed E-state index contributed by atoms with van der Waals surface area (Å²) in [5.74, 6) is 1.99. The molecule has 3 rings (SSSR count). The Hall–Kier alpha value is -2.29. The number of aromatic nitrogens is 6. The van der Waals surface area contributed by atoms with Crippen LogP contribution in [0.3, 0.4) is 0 Å². The number of carbonyl (C=O) groups is 1. The van der Waals surface area contributed by atoms with Crippen molar-refractivity contribution in [3.63, 3.8) is 0 Å². The van der Waals surface area contributed by atoms with Crippen LogP contribution >= 0.6 is 0 Å². The predicted octanol–water partition coefficient (Wildman–Crippen LogP) is 0.473. The molecule has 2 aromatic heterocycles. The van der Waals surface area contributed by atoms with E-state index in [2.05, 4.69) is 30.2 Å². The van der Waals surface area contributed by atoms with Gasteiger partial charge in [-0.05, 0) is 12.8 Å². The number of rotatable bonds is 7. The van der Waals surface area contributed by atoms with Crippen LogP contribution in [0, 0.1) is 0 Å². The highest BCUT2D eigenvalue weighted by molar-refractivity contribution is 5.76. The molecule has 1 N–H and O–H groups in total. The number of hydrogen-bond donors (Lipinski definition) is 1. The van der Waals surface area contributed by atoms with Crippen molar-refractivity contribution in [3.05, 3.63) is 24.3 Å². The second kappa shape index (κ2) is 8.70. The zero-order valence-corrected chi connectivity index (χ0v) is 14.8. The molecule has 0 atom stereocenters. The molecule has 1 saturated heterocycles. The normalized spacial score (nSPS) is 16.1. The average Bonchev–Trinajstić information content (AvgIpc) is 3.23. The first kappa shape index (κ1) is 17.5. The van der Waals surface area contributed by atoms with Crippen molar-refractivity contribution in [2.45, 2.75) is 45.7 Å². The molecule has 0 radical (unpaired) electrons. The quantitative estimate of drug-likeness (QED) is 0.783. The molecule has 1 amide bonds. The van der Waals surface area contributed by atoms with Gasteiger partial charge in [0, 0.05) is 45.6 Å². The fourth-order valence-corrected chi connectivity index (χ4v) is 3.05. The van der Waals surface area contributed by atoms with Crippen LogP contribution in [-0.4, -0.2) is 71.8 Å². The highest BCUT2D eigenvalue weighted by Gasteiger charge is 2.19. The maximum atomic E-state index is 12.4. The van der Waals surface area contributed by atoms with Gasteiger partial charge in [0.2, 0.25) is 5.91 Å². The molecule has 0 bridgehead atoms. The second-order valence-corrected chi connectivity index (χ2v) is 6.32. The number of amides is 1. The number of H-pyrrole nitrogens is 1. The number of nitrogens with zero attached hydrogens (tertiary/aromatic N) is 7. The zero-order chi connectivity index (χ0) is 17.5. The van der Waals surface area contributed by atoms with Crippen molar-refractivity contribution >= 4 is 5.91 Å². The van der Waals surface area contributed by atoms with Gasteiger partial charge in [0.05, 0.1) is 6.54 Å². The third kappa shape index (κ3) is 5.09. The Labute approximate surface area is 147 Å². The third-order valence-electron chi connectivity index (χ3n) is 4.45. The van der Waals surface area contributed by atoms with Crippen LogP contribution in [0.4, 0.5) is 0 Å². The molecule has 25 heavy (non-hydrogen) atoms. The molecule has 3 heterocycles. The van der Waals surface area contributed by atoms with Gasteiger partial charge in [-0.25, -0.2) is 9.97 Å². The SMILES string of the molecule is CCc1n[nH]c(CN2CCCN(C(=O)CCCn3cncn3)CC2)n1. The van der Waals surface area contributed by atoms with Gasteiger partial charge >= 0.3 is 0 Å². The Morgan fingerprint density at radius 1 is 1.28 bits per heavy atom. The Morgan fingerprint density at radius 3 is 2.96 bits per heavy atom. The van der Waals surface area contributed by atoms with E-state index in [0.717, 1.165) is 70.2 Å². The molecule has 1 aliphatic heterocycles. The van der Waals surface area contributed by atoms with Crippen LogP contribution < -0.4 is 0 Å². The third-order valence-corrected chi connectivity index (χ3v) is 4.45. The average molecular weight is 346 g/mol. The number of aryl methyl sites for hydroxylation is 2. The minimum absolute atomic E-state index is 0.231. The summed E-state index contributed by atoms with van der Waals surface area (Å²) in [4.78, 5) is 25.1. The van der Waals surface area contributed by atoms with Crippen molar-refractivity contribution < 1.29 is 4.79 Å². The molecule has 0 unspecified atom stereocenters. The molecule has 1 aliphatic rings. The van der Waals surface area contributed by atoms with Crippen molar-refractivity contribution in [1.82, 2.24) is 39.7 Å². The molecule has 2 aromatic rings. The Bertz CT molecular complexity index is 653. The van der Waals surface area contributed by atoms with Crippen molar-refractivity contribution in [1.29, 1.82) is 0 Å². The lowest BCUT2D eigenvalue weighted by atomic mass is 10.2. The highest BCUT2D eigenvalue weighted by atomic mass is 16.2. The summed E-state index contributed by atoms with van der Waals surface area (Å²) in [6.07, 6.45) is 6.38. The molecule has 0 spiro atoms. The molecule has 9 nitrogen and oxygen atoms in total. The summed E-state index contributed by atoms with van der Waals surface area (Å²) in [6, 6.07) is 0. The number of hydrogen-bond acceptors (Lipinski definition) is 6. The van der Waals surface area contributed by atoms with Crippen LogP contribution in [0.2, 0.25) is 0 Å². The van der Waals surface area contributed by atoms with Gasteiger partial charge in [-0.2, -0.15) is 10.2 Å². The monoisotopic (exact) mass is 346 g/mol. The lowest BCUT2D eigenvalue weighted by molar-refractivity contribution is -0.131. The smallest absolute Gasteiger partial charge is 0.222 e. The van der Waals surface area contributed by atoms with Crippen LogP contribution in [0.1, 0.15) is 37.8 Å². The minimum atomic E-state index is 0.231. The van der Waals surface area contributed by atoms with Gasteiger partial charge in [0.25, 0.3) is 0 Å². The van der Waals surface area contributed by atoms with Crippen LogP contribution in [-0.2, 0) is 24.3 Å². The number of carbonyl (C=O) groups excluding carboxylic acids is 1. The topological polar surface area (TPSA) is 95.8 Å². The predicted molar refractivity (Wildman–Crippen MR) is 91.5 cm³/mol. The molecular weight excluding hydrogens is 320 g/mol. The molecule has 0 aromatic carbocycles. The summed E-state index contributed by atoms with van der Waals surface area (Å²) < 4.78 is 1.76. The lowest BCUT2D eigenvalue weighted by Crippen LogP contribution is -2.35. The summed E-state index contributed by atoms with van der Waals surface area (Å²) in [6.45, 7) is 7.00. The second-order valence-electron chi connectivity index (χ2n) is 6.32. The van der Waals surface area contributed by atoms with Crippen LogP contribution in [0.25, 0.3) is 0 Å². The Balaban J connectivity index is 1.41. The van der Waals surface area contributed by atoms with E-state index in [-0.39, 0.29) is 5.91 Å². The van der Waals surface area contributed by atoms with Crippen LogP contribution in [0.5, 0.6) is 0 Å². The van der Waals surface area contributed by atoms with Gasteiger partial charge in [-0.3, -0.25) is 19.5 Å². The first-order valence-electron chi connectivity index (χ1n) is 8.97. The number of aromatic amines is 1. The van der Waals surface area contributed by atoms with E-state index in [1.165, 1.54) is 6.33 Å². The fourth-order valence-electron chi connectivity index (χ4n) is 3.05. The van der Waals surface area contributed by atoms with Gasteiger partial charge in [-0.15, -0.1) is 0 Å². The maximum Gasteiger partial charge on any atom is 0.222 e. The summed E-state index contributed by atoms with van der Waals surface area (Å²) in [7, 11) is 0. The standard InChI is InChI=1S/C16H26N8O/c1-2-14-19-15(21-20-14)11-22-6-4-7-23(10-9-22)16(25)5-3-8-24-13-17-12-18-24/h12-13H,2-11H2,1H3,(H,19,20,21). The van der Waals surface area contributed by atoms with E-state index in [0.29, 0.717) is 6.42 Å². The van der Waals surface area contributed by atoms with Crippen LogP contribution in [0.15, 0.2) is 12.7 Å². The van der Waals surface area contributed by atoms with Gasteiger partial charge in [-0.1, -0.05) is 6.92 Å². The molecule has 0 saturated carbocycles. The Kier molecular flexibility index (Phi) is 6.10. The summed E-state index contributed by atoms with van der Waals surface area (Å²) in [5, 5.41) is 11.2. The first-order valence-corrected chi connectivity index (χ1v) is 8.97. The van der Waals surface area contributed by atoms with E-state index in [1.807, 2.05) is 11.8 Å². The first-order chi connectivity index (χ1) is 12.2. The lowest BCUT2D eigenvalue weighted by Gasteiger charge is -2.21. The Morgan fingerprint density at radius 2 is 2.20 bits per heavy atom. The largest absolute Gasteiger partial charge is 0.341 e. The fraction of sp³-hybridized carbons (Fsp3) is 0.688. The van der Waals surface area contributed by atoms with Gasteiger partial charge < -0.3 is 4.90 Å². The minimum Gasteiger partial charge on any atom is -0.341 e. The van der Waals surface area contributed by atoms with Crippen molar-refractivity contribution in [2.75, 3.05) is 26.2 Å². The molecular formula is C16H26N8O. The highest BCUT2D eigenvalue weighted by Crippen LogP contribution is 2.09. The maximum absolute atomic E-state index is 12.4. The van der Waals surface area contributed by atoms with E-state index in [1.54, 1.807) is 11.0 Å². The number of nitrogens with one attached hydrogen (secondary N) is 1. The van der Waals surface area contributed by atoms with E-state index in [9.17, 15) is 4.79 Å². The molecule has 0 aliphatic carbocycles. The summed E-state index contributed by atoms with van der Waals surface area (Å²) >= 11 is 0. The molecule has 1 fully saturated rings. The van der Waals surface area contributed by atoms with Gasteiger partial charge in [0.15, 0.2) is 0 Å². The van der Waals surface area contributed by atoms with Gasteiger partial charge in [0.1, 0.15) is 24.3 Å². The molecule has 9 heteroatoms. The summed E-state index contributed by atoms with van der Waals surface area (Å²) in [5.41, 5.74) is 0.